The van der Waals surface area contributed by atoms with E-state index in [0.717, 1.165) is 15.5 Å². The fourth-order valence-corrected chi connectivity index (χ4v) is 5.78. The number of ether oxygens (including phenoxy) is 1. The molecule has 45 heavy (non-hydrogen) atoms. The number of pyridine rings is 1. The monoisotopic (exact) mass is 629 g/mol. The molecule has 1 fully saturated rings. The van der Waals surface area contributed by atoms with Crippen LogP contribution in [-0.2, 0) is 23.0 Å². The Labute approximate surface area is 254 Å². The Kier molecular flexibility index (Phi) is 8.81. The molecule has 1 aliphatic rings. The fourth-order valence-electron chi connectivity index (χ4n) is 5.78. The molecule has 0 aliphatic carbocycles. The lowest BCUT2D eigenvalue weighted by molar-refractivity contribution is -0.167. The number of aromatic nitrogens is 3. The molecule has 14 heteroatoms. The van der Waals surface area contributed by atoms with Crippen LogP contribution >= 0.6 is 0 Å². The number of aryl methyl sites for hydroxylation is 2. The number of benzene rings is 2. The molecule has 0 bridgehead atoms. The quantitative estimate of drug-likeness (QED) is 0.284. The van der Waals surface area contributed by atoms with Crippen molar-refractivity contribution in [2.75, 3.05) is 24.7 Å². The first kappa shape index (κ1) is 31.9. The third-order valence-electron chi connectivity index (χ3n) is 8.05. The largest absolute Gasteiger partial charge is 0.480 e. The van der Waals surface area contributed by atoms with Crippen molar-refractivity contribution in [2.24, 2.45) is 7.05 Å². The van der Waals surface area contributed by atoms with Crippen LogP contribution in [0.3, 0.4) is 0 Å². The molecule has 1 aliphatic heterocycles. The number of anilines is 1. The summed E-state index contributed by atoms with van der Waals surface area (Å²) in [5.41, 5.74) is 0.728. The van der Waals surface area contributed by atoms with Crippen LogP contribution < -0.4 is 21.5 Å². The first-order valence-electron chi connectivity index (χ1n) is 14.1. The predicted octanol–water partition coefficient (Wildman–Crippen LogP) is 3.65. The summed E-state index contributed by atoms with van der Waals surface area (Å²) in [5.74, 6) is -1.96. The Balaban J connectivity index is 1.36. The first-order chi connectivity index (χ1) is 21.3. The van der Waals surface area contributed by atoms with Crippen molar-refractivity contribution < 1.29 is 32.2 Å². The third kappa shape index (κ3) is 6.33. The number of carboxylic acid groups (broad SMARTS) is 1. The van der Waals surface area contributed by atoms with Gasteiger partial charge in [0.05, 0.1) is 36.0 Å². The van der Waals surface area contributed by atoms with E-state index in [0.29, 0.717) is 27.7 Å². The van der Waals surface area contributed by atoms with E-state index in [2.05, 4.69) is 10.3 Å². The van der Waals surface area contributed by atoms with E-state index in [1.165, 1.54) is 48.3 Å². The Hall–Kier alpha value is -4.56. The topological polar surface area (TPSA) is 119 Å². The van der Waals surface area contributed by atoms with Gasteiger partial charge in [-0.15, -0.1) is 0 Å². The van der Waals surface area contributed by atoms with Crippen molar-refractivity contribution in [3.63, 3.8) is 0 Å². The fraction of sp³-hybridized carbons (Fsp3) is 0.355. The van der Waals surface area contributed by atoms with Gasteiger partial charge in [0, 0.05) is 37.1 Å². The molecule has 3 atom stereocenters. The highest BCUT2D eigenvalue weighted by atomic mass is 19.4. The number of nitrogens with zero attached hydrogens (tertiary/aromatic N) is 4. The van der Waals surface area contributed by atoms with Gasteiger partial charge >= 0.3 is 17.8 Å². The zero-order valence-electron chi connectivity index (χ0n) is 24.6. The summed E-state index contributed by atoms with van der Waals surface area (Å²) in [4.78, 5) is 43.3. The molecule has 2 aromatic carbocycles. The molecule has 238 valence electrons. The number of morpholine rings is 1. The van der Waals surface area contributed by atoms with Crippen molar-refractivity contribution in [3.8, 4) is 5.69 Å². The van der Waals surface area contributed by atoms with Crippen molar-refractivity contribution >= 4 is 22.6 Å². The molecule has 3 heterocycles. The maximum atomic E-state index is 15.4. The Morgan fingerprint density at radius 3 is 2.51 bits per heavy atom. The molecule has 0 amide bonds. The third-order valence-corrected chi connectivity index (χ3v) is 8.05. The molecule has 2 aromatic heterocycles. The van der Waals surface area contributed by atoms with Gasteiger partial charge in [-0.1, -0.05) is 12.1 Å². The normalized spacial score (nSPS) is 17.0. The molecule has 4 aromatic rings. The van der Waals surface area contributed by atoms with Gasteiger partial charge in [-0.3, -0.25) is 24.5 Å². The van der Waals surface area contributed by atoms with Crippen LogP contribution in [0.25, 0.3) is 16.6 Å². The molecule has 5 rings (SSSR count). The van der Waals surface area contributed by atoms with Crippen LogP contribution in [0.2, 0.25) is 0 Å². The number of carbonyl (C=O) groups is 1. The highest BCUT2D eigenvalue weighted by Gasteiger charge is 2.45. The second-order valence-electron chi connectivity index (χ2n) is 11.0. The summed E-state index contributed by atoms with van der Waals surface area (Å²) in [6, 6.07) is 6.41. The number of hydrogen-bond acceptors (Lipinski definition) is 7. The van der Waals surface area contributed by atoms with E-state index in [-0.39, 0.29) is 30.8 Å². The highest BCUT2D eigenvalue weighted by molar-refractivity contribution is 5.77. The summed E-state index contributed by atoms with van der Waals surface area (Å²) in [6.45, 7) is 2.60. The van der Waals surface area contributed by atoms with Crippen LogP contribution in [-0.4, -0.2) is 63.2 Å². The molecule has 0 radical (unpaired) electrons. The number of halogens is 4. The number of alkyl halides is 3. The number of fused-ring (bicyclic) bond motifs is 1. The Morgan fingerprint density at radius 2 is 1.87 bits per heavy atom. The average molecular weight is 630 g/mol. The van der Waals surface area contributed by atoms with E-state index in [1.54, 1.807) is 26.0 Å². The van der Waals surface area contributed by atoms with Crippen LogP contribution in [0.15, 0.2) is 64.4 Å². The van der Waals surface area contributed by atoms with Gasteiger partial charge in [0.2, 0.25) is 0 Å². The van der Waals surface area contributed by atoms with Gasteiger partial charge in [0.25, 0.3) is 5.56 Å². The van der Waals surface area contributed by atoms with E-state index in [1.807, 2.05) is 0 Å². The predicted molar refractivity (Wildman–Crippen MR) is 158 cm³/mol. The standard InChI is InChI=1S/C31H31F4N5O5/c1-17-12-21(39-10-11-45-16-26(39)31(33,34)35)14-23(32)27(17)18(2)37-24(29(42)43)13-19-4-6-20(7-5-19)40-28(41)22-8-9-36-15-25(22)38(3)30(40)44/h4-9,12,14-15,18,24,26,37H,10-11,13,16H2,1-3H3,(H,42,43)/t18?,24-,26+/m0/s1. The van der Waals surface area contributed by atoms with Crippen LogP contribution in [0.5, 0.6) is 0 Å². The lowest BCUT2D eigenvalue weighted by atomic mass is 9.97. The SMILES string of the molecule is Cc1cc(N2CCOC[C@@H]2C(F)(F)F)cc(F)c1C(C)N[C@@H](Cc1ccc(-n2c(=O)c3ccncc3n(C)c2=O)cc1)C(=O)O. The van der Waals surface area contributed by atoms with E-state index >= 15 is 4.39 Å². The van der Waals surface area contributed by atoms with Crippen molar-refractivity contribution in [3.05, 3.63) is 98.2 Å². The number of aliphatic carboxylic acids is 1. The van der Waals surface area contributed by atoms with Gasteiger partial charge < -0.3 is 14.7 Å². The number of carboxylic acids is 1. The second kappa shape index (κ2) is 12.4. The minimum atomic E-state index is -4.57. The number of hydrogen-bond donors (Lipinski definition) is 2. The molecular formula is C31H31F4N5O5. The van der Waals surface area contributed by atoms with Crippen LogP contribution in [0.1, 0.15) is 29.7 Å². The number of rotatable bonds is 8. The maximum absolute atomic E-state index is 15.4. The molecule has 1 saturated heterocycles. The van der Waals surface area contributed by atoms with E-state index < -0.39 is 53.9 Å². The number of nitrogens with one attached hydrogen (secondary N) is 1. The average Bonchev–Trinajstić information content (AvgIpc) is 2.99. The van der Waals surface area contributed by atoms with Crippen LogP contribution in [0, 0.1) is 12.7 Å². The lowest BCUT2D eigenvalue weighted by Gasteiger charge is -2.38. The maximum Gasteiger partial charge on any atom is 0.411 e. The molecule has 2 N–H and O–H groups in total. The Bertz CT molecular complexity index is 1830. The minimum absolute atomic E-state index is 0.0178. The highest BCUT2D eigenvalue weighted by Crippen LogP contribution is 2.34. The summed E-state index contributed by atoms with van der Waals surface area (Å²) in [7, 11) is 1.53. The van der Waals surface area contributed by atoms with Gasteiger partial charge in [0.1, 0.15) is 17.9 Å². The van der Waals surface area contributed by atoms with Gasteiger partial charge in [0.15, 0.2) is 0 Å². The van der Waals surface area contributed by atoms with Crippen molar-refractivity contribution in [1.82, 2.24) is 19.4 Å². The van der Waals surface area contributed by atoms with Gasteiger partial charge in [-0.25, -0.2) is 13.8 Å². The first-order valence-corrected chi connectivity index (χ1v) is 14.1. The minimum Gasteiger partial charge on any atom is -0.480 e. The molecule has 1 unspecified atom stereocenters. The summed E-state index contributed by atoms with van der Waals surface area (Å²) in [5, 5.41) is 13.2. The van der Waals surface area contributed by atoms with Crippen LogP contribution in [0.4, 0.5) is 23.2 Å². The van der Waals surface area contributed by atoms with Gasteiger partial charge in [-0.05, 0) is 61.7 Å². The zero-order chi connectivity index (χ0) is 32.6. The van der Waals surface area contributed by atoms with Crippen molar-refractivity contribution in [2.45, 2.75) is 44.6 Å². The van der Waals surface area contributed by atoms with Crippen molar-refractivity contribution in [1.29, 1.82) is 0 Å². The zero-order valence-corrected chi connectivity index (χ0v) is 24.6. The van der Waals surface area contributed by atoms with E-state index in [9.17, 15) is 32.7 Å². The summed E-state index contributed by atoms with van der Waals surface area (Å²) in [6.07, 6.45) is -1.70. The molecule has 10 nitrogen and oxygen atoms in total. The smallest absolute Gasteiger partial charge is 0.411 e. The molecule has 0 spiro atoms. The molecule has 0 saturated carbocycles. The molecular weight excluding hydrogens is 598 g/mol. The second-order valence-corrected chi connectivity index (χ2v) is 11.0. The van der Waals surface area contributed by atoms with Gasteiger partial charge in [-0.2, -0.15) is 13.2 Å². The lowest BCUT2D eigenvalue weighted by Crippen LogP contribution is -2.53. The Morgan fingerprint density at radius 1 is 1.16 bits per heavy atom. The van der Waals surface area contributed by atoms with E-state index in [4.69, 9.17) is 4.74 Å². The summed E-state index contributed by atoms with van der Waals surface area (Å²) < 4.78 is 63.5. The summed E-state index contributed by atoms with van der Waals surface area (Å²) >= 11 is 0.